The van der Waals surface area contributed by atoms with E-state index >= 15 is 0 Å². The maximum Gasteiger partial charge on any atom is 0.255 e. The molecule has 0 radical (unpaired) electrons. The highest BCUT2D eigenvalue weighted by molar-refractivity contribution is 5.34. The fourth-order valence-electron chi connectivity index (χ4n) is 1.51. The van der Waals surface area contributed by atoms with Gasteiger partial charge in [0.2, 0.25) is 0 Å². The lowest BCUT2D eigenvalue weighted by molar-refractivity contribution is 0.616. The van der Waals surface area contributed by atoms with Crippen molar-refractivity contribution < 1.29 is 5.76 Å². The molecule has 0 spiro atoms. The van der Waals surface area contributed by atoms with Crippen LogP contribution in [0.15, 0.2) is 47.4 Å². The summed E-state index contributed by atoms with van der Waals surface area (Å²) in [5.41, 5.74) is 0.576. The lowest BCUT2D eigenvalue weighted by atomic mass is 10.2. The molecule has 2 nitrogen and oxygen atoms in total. The van der Waals surface area contributed by atoms with Gasteiger partial charge in [0.1, 0.15) is 5.82 Å². The monoisotopic (exact) mass is 218 g/mol. The third kappa shape index (κ3) is 1.89. The van der Waals surface area contributed by atoms with E-state index in [1.807, 2.05) is 0 Å². The van der Waals surface area contributed by atoms with E-state index in [-0.39, 0.29) is 11.2 Å². The number of halogens is 1. The zero-order valence-corrected chi connectivity index (χ0v) is 8.85. The van der Waals surface area contributed by atoms with Crippen molar-refractivity contribution in [3.63, 3.8) is 0 Å². The summed E-state index contributed by atoms with van der Waals surface area (Å²) in [7, 11) is 0. The van der Waals surface area contributed by atoms with Crippen LogP contribution in [-0.2, 0) is 6.40 Å². The molecular weight excluding hydrogens is 205 g/mol. The van der Waals surface area contributed by atoms with Crippen molar-refractivity contribution in [2.75, 3.05) is 0 Å². The standard InChI is InChI=1S/C13H12FNO/c1-2-10-7-8-13(16)15(9-10)12-6-4-3-5-11(12)14/h3-9H,2H2,1H3/i2D. The Labute approximate surface area is 94.4 Å². The second-order valence-electron chi connectivity index (χ2n) is 3.41. The van der Waals surface area contributed by atoms with E-state index in [1.54, 1.807) is 25.1 Å². The summed E-state index contributed by atoms with van der Waals surface area (Å²) in [6, 6.07) is 9.03. The van der Waals surface area contributed by atoms with Gasteiger partial charge >= 0.3 is 0 Å². The Morgan fingerprint density at radius 2 is 2.06 bits per heavy atom. The van der Waals surface area contributed by atoms with Gasteiger partial charge in [0.15, 0.2) is 0 Å². The molecule has 0 aliphatic carbocycles. The highest BCUT2D eigenvalue weighted by atomic mass is 19.1. The molecule has 1 heterocycles. The Balaban J connectivity index is 2.63. The van der Waals surface area contributed by atoms with Crippen LogP contribution in [-0.4, -0.2) is 4.57 Å². The van der Waals surface area contributed by atoms with Gasteiger partial charge in [-0.3, -0.25) is 9.36 Å². The lowest BCUT2D eigenvalue weighted by Gasteiger charge is -2.07. The molecule has 0 saturated heterocycles. The molecule has 0 N–H and O–H groups in total. The zero-order chi connectivity index (χ0) is 12.4. The first-order chi connectivity index (χ1) is 8.09. The summed E-state index contributed by atoms with van der Waals surface area (Å²) in [6.45, 7) is 1.70. The molecule has 0 bridgehead atoms. The van der Waals surface area contributed by atoms with Gasteiger partial charge < -0.3 is 0 Å². The highest BCUT2D eigenvalue weighted by Crippen LogP contribution is 2.11. The summed E-state index contributed by atoms with van der Waals surface area (Å²) in [5, 5.41) is 0. The number of benzene rings is 1. The smallest absolute Gasteiger partial charge is 0.255 e. The molecule has 2 aromatic rings. The van der Waals surface area contributed by atoms with Crippen LogP contribution in [0.2, 0.25) is 0 Å². The molecule has 1 unspecified atom stereocenters. The molecule has 1 aromatic heterocycles. The van der Waals surface area contributed by atoms with Crippen molar-refractivity contribution >= 4 is 0 Å². The molecule has 1 aromatic carbocycles. The molecule has 1 atom stereocenters. The predicted octanol–water partition coefficient (Wildman–Crippen LogP) is 2.54. The summed E-state index contributed by atoms with van der Waals surface area (Å²) < 4.78 is 22.4. The minimum atomic E-state index is -0.454. The van der Waals surface area contributed by atoms with Gasteiger partial charge in [-0.25, -0.2) is 4.39 Å². The van der Waals surface area contributed by atoms with Crippen LogP contribution in [0, 0.1) is 5.82 Å². The predicted molar refractivity (Wildman–Crippen MR) is 61.4 cm³/mol. The first-order valence-electron chi connectivity index (χ1n) is 5.57. The number of rotatable bonds is 2. The molecular formula is C13H12FNO. The summed E-state index contributed by atoms with van der Waals surface area (Å²) in [6.07, 6.45) is 1.06. The van der Waals surface area contributed by atoms with Gasteiger partial charge in [-0.15, -0.1) is 0 Å². The third-order valence-corrected chi connectivity index (χ3v) is 2.38. The Kier molecular flexibility index (Phi) is 2.51. The SMILES string of the molecule is [2H]C(C)c1ccc(=O)n(-c2ccccc2F)c1. The average Bonchev–Trinajstić information content (AvgIpc) is 2.30. The number of aryl methyl sites for hydroxylation is 1. The molecule has 0 saturated carbocycles. The Hall–Kier alpha value is -1.90. The van der Waals surface area contributed by atoms with Crippen LogP contribution < -0.4 is 5.56 Å². The minimum Gasteiger partial charge on any atom is -0.281 e. The van der Waals surface area contributed by atoms with E-state index in [2.05, 4.69) is 0 Å². The van der Waals surface area contributed by atoms with E-state index < -0.39 is 12.2 Å². The summed E-state index contributed by atoms with van der Waals surface area (Å²) in [5.74, 6) is -0.454. The maximum atomic E-state index is 13.6. The Morgan fingerprint density at radius 3 is 2.75 bits per heavy atom. The minimum absolute atomic E-state index is 0.208. The number of hydrogen-bond acceptors (Lipinski definition) is 1. The number of nitrogens with zero attached hydrogens (tertiary/aromatic N) is 1. The first kappa shape index (κ1) is 9.33. The molecule has 3 heteroatoms. The van der Waals surface area contributed by atoms with Gasteiger partial charge in [-0.05, 0) is 24.1 Å². The molecule has 82 valence electrons. The van der Waals surface area contributed by atoms with Gasteiger partial charge in [0.05, 0.1) is 5.69 Å². The van der Waals surface area contributed by atoms with Crippen LogP contribution in [0.4, 0.5) is 4.39 Å². The van der Waals surface area contributed by atoms with E-state index in [9.17, 15) is 9.18 Å². The molecule has 0 aliphatic rings. The fourth-order valence-corrected chi connectivity index (χ4v) is 1.51. The van der Waals surface area contributed by atoms with Crippen LogP contribution in [0.5, 0.6) is 0 Å². The van der Waals surface area contributed by atoms with Crippen LogP contribution in [0.25, 0.3) is 5.69 Å². The van der Waals surface area contributed by atoms with Crippen LogP contribution >= 0.6 is 0 Å². The van der Waals surface area contributed by atoms with E-state index in [0.29, 0.717) is 5.56 Å². The number of para-hydroxylation sites is 1. The van der Waals surface area contributed by atoms with E-state index in [4.69, 9.17) is 1.37 Å². The van der Waals surface area contributed by atoms with Crippen molar-refractivity contribution in [2.45, 2.75) is 13.3 Å². The van der Waals surface area contributed by atoms with Gasteiger partial charge in [0, 0.05) is 13.6 Å². The molecule has 0 fully saturated rings. The zero-order valence-electron chi connectivity index (χ0n) is 9.85. The average molecular weight is 218 g/mol. The van der Waals surface area contributed by atoms with Gasteiger partial charge in [-0.2, -0.15) is 0 Å². The van der Waals surface area contributed by atoms with Crippen molar-refractivity contribution in [3.05, 3.63) is 64.3 Å². The molecule has 0 amide bonds. The van der Waals surface area contributed by atoms with E-state index in [1.165, 1.54) is 29.0 Å². The number of aromatic nitrogens is 1. The second kappa shape index (κ2) is 4.31. The number of pyridine rings is 1. The Bertz CT molecular complexity index is 592. The van der Waals surface area contributed by atoms with Gasteiger partial charge in [0.25, 0.3) is 5.56 Å². The summed E-state index contributed by atoms with van der Waals surface area (Å²) >= 11 is 0. The number of hydrogen-bond donors (Lipinski definition) is 0. The largest absolute Gasteiger partial charge is 0.281 e. The lowest BCUT2D eigenvalue weighted by Crippen LogP contribution is -2.18. The van der Waals surface area contributed by atoms with Gasteiger partial charge in [-0.1, -0.05) is 25.1 Å². The molecule has 16 heavy (non-hydrogen) atoms. The first-order valence-corrected chi connectivity index (χ1v) is 4.99. The van der Waals surface area contributed by atoms with Crippen molar-refractivity contribution in [3.8, 4) is 5.69 Å². The molecule has 0 aliphatic heterocycles. The third-order valence-electron chi connectivity index (χ3n) is 2.38. The fraction of sp³-hybridized carbons (Fsp3) is 0.154. The van der Waals surface area contributed by atoms with Crippen molar-refractivity contribution in [1.82, 2.24) is 4.57 Å². The maximum absolute atomic E-state index is 13.6. The quantitative estimate of drug-likeness (QED) is 0.759. The molecule has 2 rings (SSSR count). The topological polar surface area (TPSA) is 22.0 Å². The normalized spacial score (nSPS) is 13.2. The van der Waals surface area contributed by atoms with Crippen molar-refractivity contribution in [2.24, 2.45) is 0 Å². The Morgan fingerprint density at radius 1 is 1.31 bits per heavy atom. The second-order valence-corrected chi connectivity index (χ2v) is 3.41. The van der Waals surface area contributed by atoms with Crippen molar-refractivity contribution in [1.29, 1.82) is 0 Å². The van der Waals surface area contributed by atoms with Crippen LogP contribution in [0.1, 0.15) is 13.9 Å². The van der Waals surface area contributed by atoms with Crippen LogP contribution in [0.3, 0.4) is 0 Å². The highest BCUT2D eigenvalue weighted by Gasteiger charge is 2.05. The summed E-state index contributed by atoms with van der Waals surface area (Å²) in [4.78, 5) is 11.7. The van der Waals surface area contributed by atoms with E-state index in [0.717, 1.165) is 0 Å².